The van der Waals surface area contributed by atoms with Gasteiger partial charge >= 0.3 is 6.09 Å². The molecule has 6 atom stereocenters. The molecule has 9 nitrogen and oxygen atoms in total. The summed E-state index contributed by atoms with van der Waals surface area (Å²) < 4.78 is 7.60. The molecule has 1 aliphatic heterocycles. The van der Waals surface area contributed by atoms with Crippen molar-refractivity contribution in [2.75, 3.05) is 13.1 Å². The molecule has 2 N–H and O–H groups in total. The SMILES string of the molecule is Cn1ccc(-c2cnc(C3CCN(C(=O)OC4C5CC6C[C@H]4CC(C(N)=O)(C6)C5)C3)nc2)cc1=O. The highest BCUT2D eigenvalue weighted by Crippen LogP contribution is 2.60. The molecule has 0 aromatic carbocycles. The molecule has 4 aliphatic carbocycles. The fourth-order valence-corrected chi connectivity index (χ4v) is 7.23. The van der Waals surface area contributed by atoms with Gasteiger partial charge in [0.1, 0.15) is 11.9 Å². The monoisotopic (exact) mass is 477 g/mol. The summed E-state index contributed by atoms with van der Waals surface area (Å²) in [7, 11) is 1.71. The number of likely N-dealkylation sites (tertiary alicyclic amines) is 1. The first-order valence-corrected chi connectivity index (χ1v) is 12.6. The van der Waals surface area contributed by atoms with E-state index in [9.17, 15) is 14.4 Å². The van der Waals surface area contributed by atoms with Gasteiger partial charge in [0.05, 0.1) is 5.41 Å². The second kappa shape index (κ2) is 8.17. The Bertz CT molecular complexity index is 1210. The number of hydrogen-bond acceptors (Lipinski definition) is 6. The predicted octanol–water partition coefficient (Wildman–Crippen LogP) is 2.45. The molecule has 2 aromatic rings. The minimum absolute atomic E-state index is 0.0527. The fourth-order valence-electron chi connectivity index (χ4n) is 7.23. The Morgan fingerprint density at radius 1 is 1.11 bits per heavy atom. The molecule has 4 saturated carbocycles. The van der Waals surface area contributed by atoms with E-state index in [0.29, 0.717) is 24.8 Å². The molecule has 1 saturated heterocycles. The average molecular weight is 478 g/mol. The van der Waals surface area contributed by atoms with Crippen LogP contribution in [0.1, 0.15) is 50.3 Å². The third-order valence-electron chi connectivity index (χ3n) is 8.87. The van der Waals surface area contributed by atoms with E-state index < -0.39 is 0 Å². The second-order valence-corrected chi connectivity index (χ2v) is 11.1. The van der Waals surface area contributed by atoms with Crippen LogP contribution in [0.5, 0.6) is 0 Å². The van der Waals surface area contributed by atoms with E-state index in [1.807, 2.05) is 6.07 Å². The third-order valence-corrected chi connectivity index (χ3v) is 8.87. The van der Waals surface area contributed by atoms with E-state index in [0.717, 1.165) is 49.7 Å². The number of hydrogen-bond donors (Lipinski definition) is 1. The van der Waals surface area contributed by atoms with Crippen molar-refractivity contribution < 1.29 is 14.3 Å². The molecule has 5 aliphatic rings. The third kappa shape index (κ3) is 3.81. The molecule has 5 fully saturated rings. The molecule has 2 aromatic heterocycles. The van der Waals surface area contributed by atoms with Crippen LogP contribution in [0.15, 0.2) is 35.5 Å². The lowest BCUT2D eigenvalue weighted by molar-refractivity contribution is -0.161. The first-order chi connectivity index (χ1) is 16.8. The minimum atomic E-state index is -0.381. The van der Waals surface area contributed by atoms with Gasteiger partial charge in [-0.2, -0.15) is 0 Å². The molecule has 7 rings (SSSR count). The number of ether oxygens (including phenoxy) is 1. The molecule has 9 heteroatoms. The number of nitrogens with two attached hydrogens (primary N) is 1. The first kappa shape index (κ1) is 22.2. The number of carbonyl (C=O) groups excluding carboxylic acids is 2. The van der Waals surface area contributed by atoms with Gasteiger partial charge in [0.25, 0.3) is 5.56 Å². The predicted molar refractivity (Wildman–Crippen MR) is 127 cm³/mol. The standard InChI is InChI=1S/C26H31N5O4/c1-30-4-2-16(8-21(30)32)20-12-28-23(29-13-20)17-3-5-31(14-17)25(34)35-22-18-6-15-7-19(22)11-26(9-15,10-18)24(27)33/h2,4,8,12-13,15,17-19,22H,3,5-7,9-11,14H2,1H3,(H2,27,33)/t15?,17?,18-,19?,22?,26?/m0/s1. The van der Waals surface area contributed by atoms with Gasteiger partial charge in [-0.05, 0) is 67.9 Å². The van der Waals surface area contributed by atoms with Crippen LogP contribution in [0.25, 0.3) is 11.1 Å². The fraction of sp³-hybridized carbons (Fsp3) is 0.577. The Kier molecular flexibility index (Phi) is 5.19. The Hall–Kier alpha value is -3.23. The molecule has 4 bridgehead atoms. The van der Waals surface area contributed by atoms with Crippen molar-refractivity contribution in [3.05, 3.63) is 46.9 Å². The Morgan fingerprint density at radius 2 is 1.83 bits per heavy atom. The summed E-state index contributed by atoms with van der Waals surface area (Å²) in [4.78, 5) is 48.0. The molecular weight excluding hydrogens is 446 g/mol. The van der Waals surface area contributed by atoms with Crippen molar-refractivity contribution in [1.29, 1.82) is 0 Å². The van der Waals surface area contributed by atoms with Crippen LogP contribution < -0.4 is 11.3 Å². The zero-order chi connectivity index (χ0) is 24.3. The lowest BCUT2D eigenvalue weighted by Crippen LogP contribution is -2.59. The minimum Gasteiger partial charge on any atom is -0.446 e. The Balaban J connectivity index is 1.09. The Morgan fingerprint density at radius 3 is 2.49 bits per heavy atom. The summed E-state index contributed by atoms with van der Waals surface area (Å²) in [5, 5.41) is 0. The number of amides is 2. The topological polar surface area (TPSA) is 120 Å². The van der Waals surface area contributed by atoms with Crippen LogP contribution in [0.3, 0.4) is 0 Å². The normalized spacial score (nSPS) is 33.2. The summed E-state index contributed by atoms with van der Waals surface area (Å²) in [6.45, 7) is 1.14. The van der Waals surface area contributed by atoms with E-state index in [-0.39, 0.29) is 46.8 Å². The first-order valence-electron chi connectivity index (χ1n) is 12.6. The van der Waals surface area contributed by atoms with E-state index >= 15 is 0 Å². The molecule has 0 radical (unpaired) electrons. The second-order valence-electron chi connectivity index (χ2n) is 11.1. The van der Waals surface area contributed by atoms with Gasteiger partial charge in [-0.15, -0.1) is 0 Å². The van der Waals surface area contributed by atoms with Gasteiger partial charge in [-0.25, -0.2) is 14.8 Å². The molecule has 5 unspecified atom stereocenters. The summed E-state index contributed by atoms with van der Waals surface area (Å²) in [5.74, 6) is 1.58. The van der Waals surface area contributed by atoms with Crippen molar-refractivity contribution in [2.45, 2.75) is 50.5 Å². The van der Waals surface area contributed by atoms with Gasteiger partial charge in [0, 0.05) is 56.3 Å². The Labute approximate surface area is 203 Å². The van der Waals surface area contributed by atoms with Crippen molar-refractivity contribution in [2.24, 2.45) is 36.0 Å². The maximum atomic E-state index is 13.1. The van der Waals surface area contributed by atoms with Crippen LogP contribution in [-0.2, 0) is 16.6 Å². The number of rotatable bonds is 4. The number of carbonyl (C=O) groups is 2. The van der Waals surface area contributed by atoms with E-state index in [4.69, 9.17) is 10.5 Å². The number of pyridine rings is 1. The number of aryl methyl sites for hydroxylation is 1. The van der Waals surface area contributed by atoms with E-state index in [1.165, 1.54) is 4.57 Å². The lowest BCUT2D eigenvalue weighted by atomic mass is 9.48. The maximum absolute atomic E-state index is 13.1. The molecular formula is C26H31N5O4. The molecule has 3 heterocycles. The van der Waals surface area contributed by atoms with Crippen LogP contribution in [0.2, 0.25) is 0 Å². The van der Waals surface area contributed by atoms with Crippen molar-refractivity contribution in [3.8, 4) is 11.1 Å². The zero-order valence-electron chi connectivity index (χ0n) is 19.9. The van der Waals surface area contributed by atoms with Crippen molar-refractivity contribution in [1.82, 2.24) is 19.4 Å². The number of aromatic nitrogens is 3. The summed E-state index contributed by atoms with van der Waals surface area (Å²) >= 11 is 0. The molecule has 2 amide bonds. The highest BCUT2D eigenvalue weighted by atomic mass is 16.6. The zero-order valence-corrected chi connectivity index (χ0v) is 19.9. The van der Waals surface area contributed by atoms with E-state index in [1.54, 1.807) is 36.6 Å². The molecule has 184 valence electrons. The van der Waals surface area contributed by atoms with Gasteiger partial charge < -0.3 is 19.9 Å². The number of primary amides is 1. The quantitative estimate of drug-likeness (QED) is 0.722. The van der Waals surface area contributed by atoms with Crippen LogP contribution in [-0.4, -0.2) is 50.6 Å². The van der Waals surface area contributed by atoms with Crippen LogP contribution in [0.4, 0.5) is 4.79 Å². The average Bonchev–Trinajstić information content (AvgIpc) is 3.33. The maximum Gasteiger partial charge on any atom is 0.410 e. The van der Waals surface area contributed by atoms with Gasteiger partial charge in [-0.3, -0.25) is 9.59 Å². The molecule has 35 heavy (non-hydrogen) atoms. The van der Waals surface area contributed by atoms with Gasteiger partial charge in [-0.1, -0.05) is 0 Å². The number of nitrogens with zero attached hydrogens (tertiary/aromatic N) is 4. The van der Waals surface area contributed by atoms with Crippen molar-refractivity contribution >= 4 is 12.0 Å². The van der Waals surface area contributed by atoms with Crippen molar-refractivity contribution in [3.63, 3.8) is 0 Å². The van der Waals surface area contributed by atoms with Gasteiger partial charge in [0.15, 0.2) is 0 Å². The van der Waals surface area contributed by atoms with Crippen LogP contribution in [0, 0.1) is 23.2 Å². The largest absolute Gasteiger partial charge is 0.446 e. The van der Waals surface area contributed by atoms with E-state index in [2.05, 4.69) is 9.97 Å². The highest BCUT2D eigenvalue weighted by molar-refractivity contribution is 5.81. The molecule has 0 spiro atoms. The van der Waals surface area contributed by atoms with Crippen LogP contribution >= 0.6 is 0 Å². The highest BCUT2D eigenvalue weighted by Gasteiger charge is 2.59. The summed E-state index contributed by atoms with van der Waals surface area (Å²) in [6, 6.07) is 3.43. The summed E-state index contributed by atoms with van der Waals surface area (Å²) in [6.07, 6.45) is 10.1. The summed E-state index contributed by atoms with van der Waals surface area (Å²) in [5.41, 5.74) is 6.89. The smallest absolute Gasteiger partial charge is 0.410 e. The lowest BCUT2D eigenvalue weighted by Gasteiger charge is -2.58. The van der Waals surface area contributed by atoms with Gasteiger partial charge in [0.2, 0.25) is 5.91 Å².